The molecule has 0 aliphatic carbocycles. The van der Waals surface area contributed by atoms with Crippen LogP contribution in [0.5, 0.6) is 0 Å². The highest BCUT2D eigenvalue weighted by atomic mass is 32.2. The fourth-order valence-corrected chi connectivity index (χ4v) is 7.58. The van der Waals surface area contributed by atoms with Crippen molar-refractivity contribution in [2.45, 2.75) is 57.0 Å². The number of fused-ring (bicyclic) bond motifs is 1. The SMILES string of the molecule is CCN1CCc2c(sc(NC(=O)c3ccc(S(=O)(=O)N4CCCC[C@@H]4C)cc3)c2C(N)=O)C1. The van der Waals surface area contributed by atoms with Crippen LogP contribution in [-0.4, -0.2) is 55.1 Å². The first-order valence-electron chi connectivity index (χ1n) is 11.3. The first-order valence-corrected chi connectivity index (χ1v) is 13.6. The maximum absolute atomic E-state index is 13.0. The molecule has 3 N–H and O–H groups in total. The van der Waals surface area contributed by atoms with Crippen LogP contribution in [-0.2, 0) is 23.0 Å². The largest absolute Gasteiger partial charge is 0.365 e. The van der Waals surface area contributed by atoms with Crippen molar-refractivity contribution in [1.82, 2.24) is 9.21 Å². The summed E-state index contributed by atoms with van der Waals surface area (Å²) in [6, 6.07) is 5.92. The topological polar surface area (TPSA) is 113 Å². The highest BCUT2D eigenvalue weighted by Gasteiger charge is 2.31. The molecule has 4 rings (SSSR count). The Hall–Kier alpha value is -2.27. The number of piperidine rings is 1. The maximum atomic E-state index is 13.0. The van der Waals surface area contributed by atoms with E-state index in [0.717, 1.165) is 55.8 Å². The summed E-state index contributed by atoms with van der Waals surface area (Å²) in [6.45, 7) is 7.02. The third-order valence-electron chi connectivity index (χ3n) is 6.52. The van der Waals surface area contributed by atoms with Gasteiger partial charge in [-0.05, 0) is 62.6 Å². The number of hydrogen-bond donors (Lipinski definition) is 2. The lowest BCUT2D eigenvalue weighted by atomic mass is 10.0. The van der Waals surface area contributed by atoms with Gasteiger partial charge in [0.2, 0.25) is 10.0 Å². The average Bonchev–Trinajstić information content (AvgIpc) is 3.16. The molecule has 1 fully saturated rings. The van der Waals surface area contributed by atoms with Crippen molar-refractivity contribution in [3.05, 3.63) is 45.8 Å². The summed E-state index contributed by atoms with van der Waals surface area (Å²) in [5.41, 5.74) is 7.27. The first-order chi connectivity index (χ1) is 15.7. The van der Waals surface area contributed by atoms with Gasteiger partial charge in [0.05, 0.1) is 10.5 Å². The Morgan fingerprint density at radius 1 is 1.18 bits per heavy atom. The van der Waals surface area contributed by atoms with Gasteiger partial charge in [-0.1, -0.05) is 13.3 Å². The van der Waals surface area contributed by atoms with E-state index in [2.05, 4.69) is 17.1 Å². The molecular formula is C23H30N4O4S2. The van der Waals surface area contributed by atoms with Crippen molar-refractivity contribution in [3.8, 4) is 0 Å². The molecule has 2 aliphatic heterocycles. The van der Waals surface area contributed by atoms with Crippen LogP contribution in [0.2, 0.25) is 0 Å². The van der Waals surface area contributed by atoms with Crippen LogP contribution in [0, 0.1) is 0 Å². The van der Waals surface area contributed by atoms with Crippen LogP contribution in [0.1, 0.15) is 64.3 Å². The zero-order valence-corrected chi connectivity index (χ0v) is 20.6. The van der Waals surface area contributed by atoms with E-state index in [4.69, 9.17) is 5.73 Å². The van der Waals surface area contributed by atoms with E-state index in [1.165, 1.54) is 35.6 Å². The second-order valence-corrected chi connectivity index (χ2v) is 11.6. The number of primary amides is 1. The predicted molar refractivity (Wildman–Crippen MR) is 129 cm³/mol. The molecule has 0 saturated carbocycles. The zero-order valence-electron chi connectivity index (χ0n) is 19.0. The number of carbonyl (C=O) groups is 2. The average molecular weight is 491 g/mol. The Labute approximate surface area is 198 Å². The number of carbonyl (C=O) groups excluding carboxylic acids is 2. The lowest BCUT2D eigenvalue weighted by Gasteiger charge is -2.32. The highest BCUT2D eigenvalue weighted by molar-refractivity contribution is 7.89. The van der Waals surface area contributed by atoms with Crippen LogP contribution in [0.25, 0.3) is 0 Å². The number of nitrogens with zero attached hydrogens (tertiary/aromatic N) is 2. The fourth-order valence-electron chi connectivity index (χ4n) is 4.59. The number of benzene rings is 1. The number of nitrogens with two attached hydrogens (primary N) is 1. The molecule has 33 heavy (non-hydrogen) atoms. The normalized spacial score (nSPS) is 19.8. The minimum absolute atomic E-state index is 0.0348. The molecule has 1 saturated heterocycles. The van der Waals surface area contributed by atoms with Crippen molar-refractivity contribution in [2.75, 3.05) is 25.0 Å². The number of rotatable bonds is 6. The highest BCUT2D eigenvalue weighted by Crippen LogP contribution is 2.37. The van der Waals surface area contributed by atoms with E-state index >= 15 is 0 Å². The number of thiophene rings is 1. The van der Waals surface area contributed by atoms with E-state index in [0.29, 0.717) is 22.7 Å². The zero-order chi connectivity index (χ0) is 23.8. The van der Waals surface area contributed by atoms with Gasteiger partial charge in [-0.25, -0.2) is 8.42 Å². The van der Waals surface area contributed by atoms with Crippen molar-refractivity contribution in [3.63, 3.8) is 0 Å². The van der Waals surface area contributed by atoms with E-state index in [-0.39, 0.29) is 10.9 Å². The summed E-state index contributed by atoms with van der Waals surface area (Å²) in [6.07, 6.45) is 3.45. The Bertz CT molecular complexity index is 1160. The summed E-state index contributed by atoms with van der Waals surface area (Å²) >= 11 is 1.38. The molecule has 3 heterocycles. The van der Waals surface area contributed by atoms with Gasteiger partial charge in [0.25, 0.3) is 11.8 Å². The van der Waals surface area contributed by atoms with Crippen molar-refractivity contribution >= 4 is 38.2 Å². The smallest absolute Gasteiger partial charge is 0.256 e. The minimum atomic E-state index is -3.60. The van der Waals surface area contributed by atoms with E-state index in [1.807, 2.05) is 6.92 Å². The molecule has 0 radical (unpaired) electrons. The monoisotopic (exact) mass is 490 g/mol. The number of amides is 2. The summed E-state index contributed by atoms with van der Waals surface area (Å²) < 4.78 is 27.6. The van der Waals surface area contributed by atoms with Crippen LogP contribution in [0.4, 0.5) is 5.00 Å². The van der Waals surface area contributed by atoms with Gasteiger partial charge in [0.1, 0.15) is 5.00 Å². The van der Waals surface area contributed by atoms with Crippen molar-refractivity contribution < 1.29 is 18.0 Å². The van der Waals surface area contributed by atoms with E-state index in [1.54, 1.807) is 4.31 Å². The summed E-state index contributed by atoms with van der Waals surface area (Å²) in [7, 11) is -3.60. The number of likely N-dealkylation sites (N-methyl/N-ethyl adjacent to an activating group) is 1. The first kappa shape index (κ1) is 23.9. The van der Waals surface area contributed by atoms with Gasteiger partial charge in [0, 0.05) is 36.1 Å². The van der Waals surface area contributed by atoms with E-state index < -0.39 is 21.8 Å². The number of sulfonamides is 1. The Morgan fingerprint density at radius 3 is 2.55 bits per heavy atom. The summed E-state index contributed by atoms with van der Waals surface area (Å²) in [5.74, 6) is -0.955. The molecule has 8 nitrogen and oxygen atoms in total. The molecule has 0 spiro atoms. The van der Waals surface area contributed by atoms with Gasteiger partial charge < -0.3 is 11.1 Å². The number of anilines is 1. The molecule has 1 atom stereocenters. The van der Waals surface area contributed by atoms with Crippen LogP contribution in [0.3, 0.4) is 0 Å². The maximum Gasteiger partial charge on any atom is 0.256 e. The molecule has 178 valence electrons. The molecule has 0 bridgehead atoms. The molecule has 10 heteroatoms. The van der Waals surface area contributed by atoms with E-state index in [9.17, 15) is 18.0 Å². The van der Waals surface area contributed by atoms with Crippen molar-refractivity contribution in [2.24, 2.45) is 5.73 Å². The quantitative estimate of drug-likeness (QED) is 0.646. The second-order valence-electron chi connectivity index (χ2n) is 8.63. The summed E-state index contributed by atoms with van der Waals surface area (Å²) in [4.78, 5) is 28.6. The molecule has 2 amide bonds. The van der Waals surface area contributed by atoms with Crippen LogP contribution in [0.15, 0.2) is 29.2 Å². The predicted octanol–water partition coefficient (Wildman–Crippen LogP) is 3.04. The van der Waals surface area contributed by atoms with Crippen LogP contribution < -0.4 is 11.1 Å². The second kappa shape index (κ2) is 9.54. The Balaban J connectivity index is 1.54. The lowest BCUT2D eigenvalue weighted by Crippen LogP contribution is -2.41. The van der Waals surface area contributed by atoms with Crippen LogP contribution >= 0.6 is 11.3 Å². The van der Waals surface area contributed by atoms with Gasteiger partial charge in [-0.2, -0.15) is 4.31 Å². The van der Waals surface area contributed by atoms with Gasteiger partial charge in [-0.15, -0.1) is 11.3 Å². The molecule has 2 aromatic rings. The molecule has 1 aromatic heterocycles. The Kier molecular flexibility index (Phi) is 6.90. The number of hydrogen-bond acceptors (Lipinski definition) is 6. The van der Waals surface area contributed by atoms with Crippen molar-refractivity contribution in [1.29, 1.82) is 0 Å². The third kappa shape index (κ3) is 4.70. The van der Waals surface area contributed by atoms with Gasteiger partial charge >= 0.3 is 0 Å². The fraction of sp³-hybridized carbons (Fsp3) is 0.478. The molecule has 2 aliphatic rings. The van der Waals surface area contributed by atoms with Gasteiger partial charge in [0.15, 0.2) is 0 Å². The number of nitrogens with one attached hydrogen (secondary N) is 1. The molecule has 0 unspecified atom stereocenters. The Morgan fingerprint density at radius 2 is 1.91 bits per heavy atom. The summed E-state index contributed by atoms with van der Waals surface area (Å²) in [5, 5.41) is 3.28. The molecule has 1 aromatic carbocycles. The molecular weight excluding hydrogens is 460 g/mol. The lowest BCUT2D eigenvalue weighted by molar-refractivity contribution is 0.1000. The standard InChI is InChI=1S/C23H30N4O4S2/c1-3-26-13-11-18-19(14-26)32-23(20(18)21(24)28)25-22(29)16-7-9-17(10-8-16)33(30,31)27-12-5-4-6-15(27)2/h7-10,15H,3-6,11-14H2,1-2H3,(H2,24,28)(H,25,29)/t15-/m0/s1. The van der Waals surface area contributed by atoms with Gasteiger partial charge in [-0.3, -0.25) is 14.5 Å². The third-order valence-corrected chi connectivity index (χ3v) is 9.68. The minimum Gasteiger partial charge on any atom is -0.365 e.